The Morgan fingerprint density at radius 1 is 0.786 bits per heavy atom. The van der Waals surface area contributed by atoms with Crippen LogP contribution in [0.15, 0.2) is 71.7 Å². The van der Waals surface area contributed by atoms with Gasteiger partial charge in [-0.2, -0.15) is 0 Å². The highest BCUT2D eigenvalue weighted by atomic mass is 35.5. The minimum atomic E-state index is -0.410. The van der Waals surface area contributed by atoms with Crippen LogP contribution in [0.3, 0.4) is 0 Å². The molecular formula is C21H13Cl4NO2. The van der Waals surface area contributed by atoms with Gasteiger partial charge in [-0.15, -0.1) is 0 Å². The van der Waals surface area contributed by atoms with Gasteiger partial charge in [-0.3, -0.25) is 0 Å². The Hall–Kier alpha value is -2.17. The SMILES string of the molecule is Oc1c(Cl)c(Cl)c(OC(/C=C/c2ccccc2)=Nc2ccccc2)c(Cl)c1Cl. The molecule has 0 saturated heterocycles. The second kappa shape index (κ2) is 9.35. The van der Waals surface area contributed by atoms with Gasteiger partial charge in [0.05, 0.1) is 5.69 Å². The summed E-state index contributed by atoms with van der Waals surface area (Å²) >= 11 is 24.4. The lowest BCUT2D eigenvalue weighted by Gasteiger charge is -2.13. The highest BCUT2D eigenvalue weighted by molar-refractivity contribution is 6.50. The lowest BCUT2D eigenvalue weighted by Crippen LogP contribution is -2.06. The van der Waals surface area contributed by atoms with Crippen molar-refractivity contribution in [2.75, 3.05) is 0 Å². The fourth-order valence-corrected chi connectivity index (χ4v) is 3.15. The van der Waals surface area contributed by atoms with Gasteiger partial charge in [0, 0.05) is 6.08 Å². The first kappa shape index (κ1) is 20.6. The Morgan fingerprint density at radius 3 is 1.89 bits per heavy atom. The molecular weight excluding hydrogens is 440 g/mol. The monoisotopic (exact) mass is 451 g/mol. The van der Waals surface area contributed by atoms with E-state index in [4.69, 9.17) is 51.1 Å². The van der Waals surface area contributed by atoms with Crippen molar-refractivity contribution in [3.05, 3.63) is 92.4 Å². The highest BCUT2D eigenvalue weighted by Crippen LogP contribution is 2.49. The van der Waals surface area contributed by atoms with Gasteiger partial charge in [-0.05, 0) is 23.8 Å². The van der Waals surface area contributed by atoms with Crippen LogP contribution in [0.4, 0.5) is 5.69 Å². The summed E-state index contributed by atoms with van der Waals surface area (Å²) in [6.45, 7) is 0. The summed E-state index contributed by atoms with van der Waals surface area (Å²) in [5.74, 6) is -0.202. The molecule has 3 aromatic rings. The van der Waals surface area contributed by atoms with Crippen molar-refractivity contribution >= 4 is 64.1 Å². The second-order valence-corrected chi connectivity index (χ2v) is 7.08. The Bertz CT molecular complexity index is 1010. The largest absolute Gasteiger partial charge is 0.505 e. The number of ether oxygens (including phenoxy) is 1. The van der Waals surface area contributed by atoms with Crippen molar-refractivity contribution in [3.63, 3.8) is 0 Å². The summed E-state index contributed by atoms with van der Waals surface area (Å²) in [7, 11) is 0. The van der Waals surface area contributed by atoms with Crippen LogP contribution in [0.2, 0.25) is 20.1 Å². The maximum atomic E-state index is 9.88. The number of hydrogen-bond donors (Lipinski definition) is 1. The van der Waals surface area contributed by atoms with Gasteiger partial charge in [-0.25, -0.2) is 4.99 Å². The van der Waals surface area contributed by atoms with Crippen LogP contribution in [-0.4, -0.2) is 11.0 Å². The van der Waals surface area contributed by atoms with E-state index in [-0.39, 0.29) is 31.7 Å². The molecule has 0 heterocycles. The minimum Gasteiger partial charge on any atom is -0.505 e. The fraction of sp³-hybridized carbons (Fsp3) is 0. The maximum Gasteiger partial charge on any atom is 0.219 e. The average molecular weight is 453 g/mol. The molecule has 142 valence electrons. The van der Waals surface area contributed by atoms with E-state index < -0.39 is 5.75 Å². The van der Waals surface area contributed by atoms with Gasteiger partial charge >= 0.3 is 0 Å². The van der Waals surface area contributed by atoms with E-state index in [1.54, 1.807) is 6.08 Å². The Balaban J connectivity index is 2.04. The molecule has 0 aliphatic carbocycles. The summed E-state index contributed by atoms with van der Waals surface area (Å²) < 4.78 is 5.84. The molecule has 3 aromatic carbocycles. The van der Waals surface area contributed by atoms with E-state index in [0.717, 1.165) is 5.56 Å². The number of nitrogens with zero attached hydrogens (tertiary/aromatic N) is 1. The van der Waals surface area contributed by atoms with E-state index in [0.29, 0.717) is 5.69 Å². The maximum absolute atomic E-state index is 9.88. The first-order valence-electron chi connectivity index (χ1n) is 8.07. The lowest BCUT2D eigenvalue weighted by atomic mass is 10.2. The normalized spacial score (nSPS) is 11.8. The summed E-state index contributed by atoms with van der Waals surface area (Å²) in [5.41, 5.74) is 1.62. The standard InChI is InChI=1S/C21H13Cl4NO2/c22-16-18(24)21(19(25)17(23)20(16)27)28-15(26-14-9-5-2-6-10-14)12-11-13-7-3-1-4-8-13/h1-12,27H/b12-11+,26-15?. The Morgan fingerprint density at radius 2 is 1.32 bits per heavy atom. The van der Waals surface area contributed by atoms with Crippen LogP contribution in [0.1, 0.15) is 5.56 Å². The van der Waals surface area contributed by atoms with Gasteiger partial charge in [0.25, 0.3) is 0 Å². The summed E-state index contributed by atoms with van der Waals surface area (Å²) in [6.07, 6.45) is 3.50. The van der Waals surface area contributed by atoms with Gasteiger partial charge in [0.15, 0.2) is 11.5 Å². The van der Waals surface area contributed by atoms with Crippen molar-refractivity contribution < 1.29 is 9.84 Å². The van der Waals surface area contributed by atoms with Crippen LogP contribution < -0.4 is 4.74 Å². The van der Waals surface area contributed by atoms with Gasteiger partial charge < -0.3 is 9.84 Å². The molecule has 1 N–H and O–H groups in total. The van der Waals surface area contributed by atoms with Crippen molar-refractivity contribution in [1.29, 1.82) is 0 Å². The molecule has 0 aliphatic heterocycles. The van der Waals surface area contributed by atoms with Crippen LogP contribution >= 0.6 is 46.4 Å². The highest BCUT2D eigenvalue weighted by Gasteiger charge is 2.22. The molecule has 0 atom stereocenters. The van der Waals surface area contributed by atoms with E-state index in [1.165, 1.54) is 0 Å². The summed E-state index contributed by atoms with van der Waals surface area (Å²) in [4.78, 5) is 4.47. The third-order valence-corrected chi connectivity index (χ3v) is 5.27. The lowest BCUT2D eigenvalue weighted by molar-refractivity contribution is 0.473. The third-order valence-electron chi connectivity index (χ3n) is 3.62. The summed E-state index contributed by atoms with van der Waals surface area (Å²) in [5, 5.41) is 9.44. The molecule has 0 aliphatic rings. The molecule has 0 fully saturated rings. The molecule has 28 heavy (non-hydrogen) atoms. The molecule has 0 unspecified atom stereocenters. The number of phenols is 1. The zero-order valence-electron chi connectivity index (χ0n) is 14.2. The van der Waals surface area contributed by atoms with Crippen molar-refractivity contribution in [2.24, 2.45) is 4.99 Å². The number of halogens is 4. The second-order valence-electron chi connectivity index (χ2n) is 5.57. The fourth-order valence-electron chi connectivity index (χ4n) is 2.25. The van der Waals surface area contributed by atoms with Gasteiger partial charge in [0.2, 0.25) is 5.90 Å². The Labute approximate surface area is 182 Å². The number of aliphatic imine (C=N–C) groups is 1. The molecule has 0 spiro atoms. The molecule has 7 heteroatoms. The minimum absolute atomic E-state index is 0.00326. The molecule has 3 rings (SSSR count). The average Bonchev–Trinajstić information content (AvgIpc) is 2.73. The van der Waals surface area contributed by atoms with Crippen molar-refractivity contribution in [1.82, 2.24) is 0 Å². The Kier molecular flexibility index (Phi) is 6.87. The number of hydrogen-bond acceptors (Lipinski definition) is 3. The van der Waals surface area contributed by atoms with Gasteiger partial charge in [0.1, 0.15) is 20.1 Å². The number of phenolic OH excluding ortho intramolecular Hbond substituents is 1. The molecule has 0 aromatic heterocycles. The molecule has 0 saturated carbocycles. The van der Waals surface area contributed by atoms with Crippen molar-refractivity contribution in [3.8, 4) is 11.5 Å². The smallest absolute Gasteiger partial charge is 0.219 e. The van der Waals surface area contributed by atoms with E-state index in [2.05, 4.69) is 4.99 Å². The van der Waals surface area contributed by atoms with Gasteiger partial charge in [-0.1, -0.05) is 94.9 Å². The first-order valence-corrected chi connectivity index (χ1v) is 9.58. The van der Waals surface area contributed by atoms with Crippen LogP contribution in [0.5, 0.6) is 11.5 Å². The zero-order valence-corrected chi connectivity index (χ0v) is 17.3. The predicted octanol–water partition coefficient (Wildman–Crippen LogP) is 7.83. The van der Waals surface area contributed by atoms with E-state index in [9.17, 15) is 5.11 Å². The predicted molar refractivity (Wildman–Crippen MR) is 118 cm³/mol. The zero-order chi connectivity index (χ0) is 20.1. The molecule has 3 nitrogen and oxygen atoms in total. The van der Waals surface area contributed by atoms with E-state index in [1.807, 2.05) is 66.7 Å². The van der Waals surface area contributed by atoms with Crippen LogP contribution in [0.25, 0.3) is 6.08 Å². The molecule has 0 radical (unpaired) electrons. The molecule has 0 amide bonds. The number of rotatable bonds is 4. The third kappa shape index (κ3) is 4.81. The number of aromatic hydroxyl groups is 1. The first-order chi connectivity index (χ1) is 13.5. The van der Waals surface area contributed by atoms with E-state index >= 15 is 0 Å². The molecule has 0 bridgehead atoms. The summed E-state index contributed by atoms with van der Waals surface area (Å²) in [6, 6.07) is 18.9. The quantitative estimate of drug-likeness (QED) is 0.249. The van der Waals surface area contributed by atoms with Crippen LogP contribution in [0, 0.1) is 0 Å². The van der Waals surface area contributed by atoms with Crippen molar-refractivity contribution in [2.45, 2.75) is 0 Å². The van der Waals surface area contributed by atoms with Crippen LogP contribution in [-0.2, 0) is 0 Å². The topological polar surface area (TPSA) is 41.8 Å². The number of para-hydroxylation sites is 1. The number of benzene rings is 3.